The summed E-state index contributed by atoms with van der Waals surface area (Å²) >= 11 is 0. The van der Waals surface area contributed by atoms with Crippen LogP contribution in [0.4, 0.5) is 13.2 Å². The summed E-state index contributed by atoms with van der Waals surface area (Å²) in [6.45, 7) is 4.24. The van der Waals surface area contributed by atoms with Crippen LogP contribution in [0.3, 0.4) is 0 Å². The van der Waals surface area contributed by atoms with Crippen molar-refractivity contribution in [3.63, 3.8) is 0 Å². The second kappa shape index (κ2) is 3.71. The molecule has 16 heavy (non-hydrogen) atoms. The van der Waals surface area contributed by atoms with Crippen molar-refractivity contribution in [2.45, 2.75) is 32.4 Å². The van der Waals surface area contributed by atoms with Gasteiger partial charge < -0.3 is 0 Å². The molecule has 2 nitrogen and oxygen atoms in total. The zero-order valence-corrected chi connectivity index (χ0v) is 9.12. The molecule has 0 aromatic carbocycles. The minimum atomic E-state index is -4.44. The SMILES string of the molecule is CC(C)[C@H]1C[C@@H]1c1cnc(C(F)(F)F)nc1. The lowest BCUT2D eigenvalue weighted by molar-refractivity contribution is -0.145. The zero-order chi connectivity index (χ0) is 11.9. The summed E-state index contributed by atoms with van der Waals surface area (Å²) in [6.07, 6.45) is -0.794. The molecule has 1 heterocycles. The number of rotatable bonds is 2. The highest BCUT2D eigenvalue weighted by Crippen LogP contribution is 2.51. The topological polar surface area (TPSA) is 25.8 Å². The van der Waals surface area contributed by atoms with Crippen LogP contribution in [0.1, 0.15) is 37.6 Å². The monoisotopic (exact) mass is 230 g/mol. The molecule has 0 saturated heterocycles. The molecule has 1 aromatic rings. The largest absolute Gasteiger partial charge is 0.451 e. The first-order chi connectivity index (χ1) is 7.39. The molecule has 0 amide bonds. The van der Waals surface area contributed by atoms with E-state index in [2.05, 4.69) is 23.8 Å². The molecule has 1 aliphatic carbocycles. The van der Waals surface area contributed by atoms with Gasteiger partial charge in [-0.15, -0.1) is 0 Å². The molecule has 0 unspecified atom stereocenters. The first kappa shape index (κ1) is 11.4. The van der Waals surface area contributed by atoms with Gasteiger partial charge in [0.05, 0.1) is 0 Å². The molecule has 0 radical (unpaired) electrons. The van der Waals surface area contributed by atoms with Gasteiger partial charge in [0.2, 0.25) is 5.82 Å². The standard InChI is InChI=1S/C11H13F3N2/c1-6(2)8-3-9(8)7-4-15-10(16-5-7)11(12,13)14/h4-6,8-9H,3H2,1-2H3/t8-,9-/m1/s1. The molecule has 5 heteroatoms. The second-order valence-corrected chi connectivity index (χ2v) is 4.59. The number of aromatic nitrogens is 2. The van der Waals surface area contributed by atoms with E-state index in [4.69, 9.17) is 0 Å². The molecule has 1 aromatic heterocycles. The fourth-order valence-corrected chi connectivity index (χ4v) is 2.01. The predicted octanol–water partition coefficient (Wildman–Crippen LogP) is 3.25. The maximum absolute atomic E-state index is 12.2. The molecule has 1 aliphatic rings. The summed E-state index contributed by atoms with van der Waals surface area (Å²) in [6, 6.07) is 0. The first-order valence-corrected chi connectivity index (χ1v) is 5.28. The van der Waals surface area contributed by atoms with Crippen LogP contribution in [0.25, 0.3) is 0 Å². The Morgan fingerprint density at radius 1 is 1.25 bits per heavy atom. The van der Waals surface area contributed by atoms with Crippen molar-refractivity contribution in [1.29, 1.82) is 0 Å². The molecule has 88 valence electrons. The zero-order valence-electron chi connectivity index (χ0n) is 9.12. The van der Waals surface area contributed by atoms with Crippen molar-refractivity contribution in [3.05, 3.63) is 23.8 Å². The van der Waals surface area contributed by atoms with Crippen LogP contribution in [0.15, 0.2) is 12.4 Å². The molecule has 1 saturated carbocycles. The quantitative estimate of drug-likeness (QED) is 0.779. The van der Waals surface area contributed by atoms with E-state index < -0.39 is 12.0 Å². The molecule has 0 bridgehead atoms. The first-order valence-electron chi connectivity index (χ1n) is 5.28. The third-order valence-corrected chi connectivity index (χ3v) is 3.05. The molecular formula is C11H13F3N2. The van der Waals surface area contributed by atoms with Crippen LogP contribution in [0, 0.1) is 11.8 Å². The average molecular weight is 230 g/mol. The highest BCUT2D eigenvalue weighted by Gasteiger charge is 2.41. The Labute approximate surface area is 91.9 Å². The van der Waals surface area contributed by atoms with Crippen LogP contribution >= 0.6 is 0 Å². The Balaban J connectivity index is 2.10. The van der Waals surface area contributed by atoms with Crippen molar-refractivity contribution in [2.75, 3.05) is 0 Å². The maximum atomic E-state index is 12.2. The Hall–Kier alpha value is -1.13. The van der Waals surface area contributed by atoms with E-state index in [9.17, 15) is 13.2 Å². The van der Waals surface area contributed by atoms with Gasteiger partial charge in [-0.25, -0.2) is 9.97 Å². The van der Waals surface area contributed by atoms with Gasteiger partial charge in [-0.05, 0) is 29.7 Å². The number of halogens is 3. The summed E-state index contributed by atoms with van der Waals surface area (Å²) in [5.74, 6) is 0.424. The minimum Gasteiger partial charge on any atom is -0.233 e. The van der Waals surface area contributed by atoms with Crippen LogP contribution in [-0.2, 0) is 6.18 Å². The van der Waals surface area contributed by atoms with E-state index in [0.717, 1.165) is 12.0 Å². The third kappa shape index (κ3) is 2.18. The number of hydrogen-bond donors (Lipinski definition) is 0. The Bertz CT molecular complexity index is 370. The summed E-state index contributed by atoms with van der Waals surface area (Å²) in [7, 11) is 0. The van der Waals surface area contributed by atoms with Crippen LogP contribution < -0.4 is 0 Å². The van der Waals surface area contributed by atoms with Gasteiger partial charge in [-0.1, -0.05) is 13.8 Å². The lowest BCUT2D eigenvalue weighted by Crippen LogP contribution is -2.10. The van der Waals surface area contributed by atoms with Gasteiger partial charge in [0, 0.05) is 12.4 Å². The van der Waals surface area contributed by atoms with Crippen molar-refractivity contribution in [3.8, 4) is 0 Å². The van der Waals surface area contributed by atoms with Crippen molar-refractivity contribution in [2.24, 2.45) is 11.8 Å². The Morgan fingerprint density at radius 2 is 1.81 bits per heavy atom. The molecule has 2 atom stereocenters. The summed E-state index contributed by atoms with van der Waals surface area (Å²) < 4.78 is 36.6. The van der Waals surface area contributed by atoms with E-state index in [-0.39, 0.29) is 0 Å². The molecular weight excluding hydrogens is 217 g/mol. The average Bonchev–Trinajstić information content (AvgIpc) is 2.96. The van der Waals surface area contributed by atoms with Gasteiger partial charge >= 0.3 is 6.18 Å². The van der Waals surface area contributed by atoms with Crippen LogP contribution in [-0.4, -0.2) is 9.97 Å². The highest BCUT2D eigenvalue weighted by atomic mass is 19.4. The second-order valence-electron chi connectivity index (χ2n) is 4.59. The van der Waals surface area contributed by atoms with Gasteiger partial charge in [-0.3, -0.25) is 0 Å². The van der Waals surface area contributed by atoms with E-state index in [1.807, 2.05) is 0 Å². The molecule has 2 rings (SSSR count). The van der Waals surface area contributed by atoms with Gasteiger partial charge in [0.1, 0.15) is 0 Å². The molecule has 0 N–H and O–H groups in total. The normalized spacial score (nSPS) is 24.9. The fraction of sp³-hybridized carbons (Fsp3) is 0.636. The van der Waals surface area contributed by atoms with Gasteiger partial charge in [0.15, 0.2) is 0 Å². The van der Waals surface area contributed by atoms with Gasteiger partial charge in [0.25, 0.3) is 0 Å². The van der Waals surface area contributed by atoms with Crippen molar-refractivity contribution < 1.29 is 13.2 Å². The summed E-state index contributed by atoms with van der Waals surface area (Å²) in [5, 5.41) is 0. The van der Waals surface area contributed by atoms with E-state index in [0.29, 0.717) is 17.8 Å². The fourth-order valence-electron chi connectivity index (χ4n) is 2.01. The smallest absolute Gasteiger partial charge is 0.233 e. The highest BCUT2D eigenvalue weighted by molar-refractivity contribution is 5.21. The Morgan fingerprint density at radius 3 is 2.19 bits per heavy atom. The maximum Gasteiger partial charge on any atom is 0.451 e. The molecule has 0 spiro atoms. The van der Waals surface area contributed by atoms with Gasteiger partial charge in [-0.2, -0.15) is 13.2 Å². The number of alkyl halides is 3. The number of nitrogens with zero attached hydrogens (tertiary/aromatic N) is 2. The van der Waals surface area contributed by atoms with Crippen molar-refractivity contribution >= 4 is 0 Å². The van der Waals surface area contributed by atoms with E-state index >= 15 is 0 Å². The predicted molar refractivity (Wildman–Crippen MR) is 52.7 cm³/mol. The number of hydrogen-bond acceptors (Lipinski definition) is 2. The third-order valence-electron chi connectivity index (χ3n) is 3.05. The summed E-state index contributed by atoms with van der Waals surface area (Å²) in [5.41, 5.74) is 0.826. The Kier molecular flexibility index (Phi) is 2.64. The lowest BCUT2D eigenvalue weighted by Gasteiger charge is -2.06. The minimum absolute atomic E-state index is 0.349. The summed E-state index contributed by atoms with van der Waals surface area (Å²) in [4.78, 5) is 6.74. The van der Waals surface area contributed by atoms with Crippen molar-refractivity contribution in [1.82, 2.24) is 9.97 Å². The molecule has 0 aliphatic heterocycles. The van der Waals surface area contributed by atoms with Crippen LogP contribution in [0.2, 0.25) is 0 Å². The molecule has 1 fully saturated rings. The lowest BCUT2D eigenvalue weighted by atomic mass is 10.1. The van der Waals surface area contributed by atoms with E-state index in [1.165, 1.54) is 12.4 Å². The van der Waals surface area contributed by atoms with E-state index in [1.54, 1.807) is 0 Å². The van der Waals surface area contributed by atoms with Crippen LogP contribution in [0.5, 0.6) is 0 Å².